The van der Waals surface area contributed by atoms with Crippen LogP contribution in [0.15, 0.2) is 4.79 Å². The number of aromatic nitrogens is 3. The zero-order chi connectivity index (χ0) is 10.3. The first-order chi connectivity index (χ1) is 6.59. The maximum atomic E-state index is 11.6. The fourth-order valence-corrected chi connectivity index (χ4v) is 1.52. The van der Waals surface area contributed by atoms with Gasteiger partial charge in [-0.3, -0.25) is 9.36 Å². The lowest BCUT2D eigenvalue weighted by atomic mass is 10.4. The van der Waals surface area contributed by atoms with E-state index in [0.717, 1.165) is 18.7 Å². The summed E-state index contributed by atoms with van der Waals surface area (Å²) in [6.07, 6.45) is 2.20. The third-order valence-corrected chi connectivity index (χ3v) is 2.39. The van der Waals surface area contributed by atoms with Crippen LogP contribution >= 0.6 is 0 Å². The van der Waals surface area contributed by atoms with Crippen molar-refractivity contribution in [3.8, 4) is 0 Å². The SMILES string of the molecule is CC(=O)Cn1nc(C2CC2)n(C)c1=O. The van der Waals surface area contributed by atoms with Crippen LogP contribution in [0.25, 0.3) is 0 Å². The zero-order valence-electron chi connectivity index (χ0n) is 8.36. The lowest BCUT2D eigenvalue weighted by molar-refractivity contribution is -0.117. The van der Waals surface area contributed by atoms with E-state index in [-0.39, 0.29) is 18.0 Å². The molecule has 1 aliphatic carbocycles. The zero-order valence-corrected chi connectivity index (χ0v) is 8.36. The predicted molar refractivity (Wildman–Crippen MR) is 50.1 cm³/mol. The summed E-state index contributed by atoms with van der Waals surface area (Å²) >= 11 is 0. The second-order valence-corrected chi connectivity index (χ2v) is 3.83. The number of ketones is 1. The predicted octanol–water partition coefficient (Wildman–Crippen LogP) is 0.0482. The Kier molecular flexibility index (Phi) is 2.02. The molecule has 0 spiro atoms. The summed E-state index contributed by atoms with van der Waals surface area (Å²) < 4.78 is 2.79. The van der Waals surface area contributed by atoms with Crippen LogP contribution in [0.5, 0.6) is 0 Å². The van der Waals surface area contributed by atoms with E-state index in [2.05, 4.69) is 5.10 Å². The molecule has 1 aromatic rings. The molecule has 2 rings (SSSR count). The van der Waals surface area contributed by atoms with Gasteiger partial charge in [-0.15, -0.1) is 0 Å². The molecular formula is C9H13N3O2. The lowest BCUT2D eigenvalue weighted by Crippen LogP contribution is -2.25. The number of nitrogens with zero attached hydrogens (tertiary/aromatic N) is 3. The van der Waals surface area contributed by atoms with Crippen LogP contribution in [0.2, 0.25) is 0 Å². The quantitative estimate of drug-likeness (QED) is 0.684. The summed E-state index contributed by atoms with van der Waals surface area (Å²) in [5.74, 6) is 1.20. The normalized spacial score (nSPS) is 15.9. The highest BCUT2D eigenvalue weighted by molar-refractivity contribution is 5.75. The molecule has 1 fully saturated rings. The molecule has 0 atom stereocenters. The van der Waals surface area contributed by atoms with E-state index in [1.165, 1.54) is 11.6 Å². The van der Waals surface area contributed by atoms with Crippen molar-refractivity contribution >= 4 is 5.78 Å². The minimum absolute atomic E-state index is 0.0486. The van der Waals surface area contributed by atoms with Crippen molar-refractivity contribution < 1.29 is 4.79 Å². The number of Topliss-reactive ketones (excluding diaryl/α,β-unsaturated/α-hetero) is 1. The molecule has 0 amide bonds. The van der Waals surface area contributed by atoms with Crippen molar-refractivity contribution in [2.24, 2.45) is 7.05 Å². The molecule has 1 saturated carbocycles. The van der Waals surface area contributed by atoms with Crippen LogP contribution in [0.1, 0.15) is 31.5 Å². The van der Waals surface area contributed by atoms with Crippen molar-refractivity contribution in [1.29, 1.82) is 0 Å². The molecule has 5 nitrogen and oxygen atoms in total. The van der Waals surface area contributed by atoms with Crippen molar-refractivity contribution in [3.63, 3.8) is 0 Å². The highest BCUT2D eigenvalue weighted by Crippen LogP contribution is 2.38. The molecule has 0 N–H and O–H groups in total. The van der Waals surface area contributed by atoms with Gasteiger partial charge in [-0.25, -0.2) is 9.48 Å². The molecule has 14 heavy (non-hydrogen) atoms. The van der Waals surface area contributed by atoms with Crippen molar-refractivity contribution in [1.82, 2.24) is 14.3 Å². The van der Waals surface area contributed by atoms with Gasteiger partial charge in [0, 0.05) is 13.0 Å². The first-order valence-electron chi connectivity index (χ1n) is 4.72. The van der Waals surface area contributed by atoms with Gasteiger partial charge in [-0.2, -0.15) is 5.10 Å². The van der Waals surface area contributed by atoms with Crippen LogP contribution in [0, 0.1) is 0 Å². The molecule has 1 aliphatic rings. The van der Waals surface area contributed by atoms with Gasteiger partial charge in [0.05, 0.1) is 0 Å². The number of hydrogen-bond donors (Lipinski definition) is 0. The minimum Gasteiger partial charge on any atom is -0.298 e. The minimum atomic E-state index is -0.192. The van der Waals surface area contributed by atoms with E-state index in [1.807, 2.05) is 0 Å². The highest BCUT2D eigenvalue weighted by atomic mass is 16.2. The molecule has 5 heteroatoms. The first kappa shape index (κ1) is 9.18. The topological polar surface area (TPSA) is 56.9 Å². The van der Waals surface area contributed by atoms with E-state index in [0.29, 0.717) is 5.92 Å². The van der Waals surface area contributed by atoms with Crippen LogP contribution in [0.4, 0.5) is 0 Å². The Bertz CT molecular complexity index is 426. The van der Waals surface area contributed by atoms with Crippen LogP contribution < -0.4 is 5.69 Å². The standard InChI is InChI=1S/C9H13N3O2/c1-6(13)5-12-9(14)11(2)8(10-12)7-3-4-7/h7H,3-5H2,1-2H3. The maximum Gasteiger partial charge on any atom is 0.346 e. The Morgan fingerprint density at radius 3 is 2.71 bits per heavy atom. The van der Waals surface area contributed by atoms with E-state index >= 15 is 0 Å². The maximum absolute atomic E-state index is 11.6. The highest BCUT2D eigenvalue weighted by Gasteiger charge is 2.29. The number of carbonyl (C=O) groups is 1. The number of hydrogen-bond acceptors (Lipinski definition) is 3. The smallest absolute Gasteiger partial charge is 0.298 e. The molecule has 76 valence electrons. The molecule has 0 radical (unpaired) electrons. The monoisotopic (exact) mass is 195 g/mol. The van der Waals surface area contributed by atoms with Crippen LogP contribution in [-0.2, 0) is 18.4 Å². The van der Waals surface area contributed by atoms with Crippen LogP contribution in [-0.4, -0.2) is 20.1 Å². The molecular weight excluding hydrogens is 182 g/mol. The third-order valence-electron chi connectivity index (χ3n) is 2.39. The Morgan fingerprint density at radius 1 is 1.57 bits per heavy atom. The van der Waals surface area contributed by atoms with Gasteiger partial charge in [0.2, 0.25) is 0 Å². The Hall–Kier alpha value is -1.39. The summed E-state index contributed by atoms with van der Waals surface area (Å²) in [6, 6.07) is 0. The number of rotatable bonds is 3. The largest absolute Gasteiger partial charge is 0.346 e. The number of carbonyl (C=O) groups excluding carboxylic acids is 1. The van der Waals surface area contributed by atoms with Gasteiger partial charge >= 0.3 is 5.69 Å². The Morgan fingerprint density at radius 2 is 2.21 bits per heavy atom. The van der Waals surface area contributed by atoms with Crippen LogP contribution in [0.3, 0.4) is 0 Å². The van der Waals surface area contributed by atoms with E-state index < -0.39 is 0 Å². The third kappa shape index (κ3) is 1.49. The fourth-order valence-electron chi connectivity index (χ4n) is 1.52. The summed E-state index contributed by atoms with van der Waals surface area (Å²) in [4.78, 5) is 22.4. The van der Waals surface area contributed by atoms with Gasteiger partial charge in [0.15, 0.2) is 5.78 Å². The molecule has 0 saturated heterocycles. The average molecular weight is 195 g/mol. The van der Waals surface area contributed by atoms with E-state index in [1.54, 1.807) is 11.6 Å². The first-order valence-corrected chi connectivity index (χ1v) is 4.72. The lowest BCUT2D eigenvalue weighted by Gasteiger charge is -1.92. The second-order valence-electron chi connectivity index (χ2n) is 3.83. The van der Waals surface area contributed by atoms with Gasteiger partial charge in [0.1, 0.15) is 12.4 Å². The van der Waals surface area contributed by atoms with Crippen molar-refractivity contribution in [2.45, 2.75) is 32.2 Å². The molecule has 1 aromatic heterocycles. The summed E-state index contributed by atoms with van der Waals surface area (Å²) in [7, 11) is 1.71. The average Bonchev–Trinajstić information content (AvgIpc) is 2.88. The molecule has 0 aliphatic heterocycles. The Labute approximate surface area is 81.3 Å². The van der Waals surface area contributed by atoms with Gasteiger partial charge in [-0.1, -0.05) is 0 Å². The van der Waals surface area contributed by atoms with Gasteiger partial charge in [0.25, 0.3) is 0 Å². The summed E-state index contributed by atoms with van der Waals surface area (Å²) in [6.45, 7) is 1.54. The fraction of sp³-hybridized carbons (Fsp3) is 0.667. The van der Waals surface area contributed by atoms with E-state index in [9.17, 15) is 9.59 Å². The van der Waals surface area contributed by atoms with E-state index in [4.69, 9.17) is 0 Å². The molecule has 0 bridgehead atoms. The molecule has 0 aromatic carbocycles. The summed E-state index contributed by atoms with van der Waals surface area (Å²) in [5, 5.41) is 4.16. The molecule has 0 unspecified atom stereocenters. The molecule has 1 heterocycles. The Balaban J connectivity index is 2.37. The second kappa shape index (κ2) is 3.08. The summed E-state index contributed by atoms with van der Waals surface area (Å²) in [5.41, 5.74) is -0.192. The van der Waals surface area contributed by atoms with Gasteiger partial charge < -0.3 is 0 Å². The van der Waals surface area contributed by atoms with Crippen molar-refractivity contribution in [2.75, 3.05) is 0 Å². The van der Waals surface area contributed by atoms with Gasteiger partial charge in [-0.05, 0) is 19.8 Å². The van der Waals surface area contributed by atoms with Crippen molar-refractivity contribution in [3.05, 3.63) is 16.3 Å².